The Morgan fingerprint density at radius 2 is 1.83 bits per heavy atom. The Labute approximate surface area is 139 Å². The third-order valence-electron chi connectivity index (χ3n) is 3.64. The van der Waals surface area contributed by atoms with Crippen LogP contribution in [0.4, 0.5) is 5.69 Å². The molecule has 0 saturated heterocycles. The van der Waals surface area contributed by atoms with Gasteiger partial charge >= 0.3 is 0 Å². The molecule has 2 aromatic carbocycles. The smallest absolute Gasteiger partial charge is 0.206 e. The number of rotatable bonds is 4. The molecule has 0 aromatic heterocycles. The number of nitrogens with zero attached hydrogens (tertiary/aromatic N) is 1. The van der Waals surface area contributed by atoms with E-state index in [4.69, 9.17) is 9.47 Å². The van der Waals surface area contributed by atoms with Crippen molar-refractivity contribution in [2.24, 2.45) is 4.99 Å². The maximum Gasteiger partial charge on any atom is 0.206 e. The van der Waals surface area contributed by atoms with E-state index in [1.165, 1.54) is 12.8 Å². The van der Waals surface area contributed by atoms with Crippen molar-refractivity contribution < 1.29 is 9.47 Å². The van der Waals surface area contributed by atoms with Crippen molar-refractivity contribution in [2.75, 3.05) is 12.4 Å². The largest absolute Gasteiger partial charge is 0.493 e. The van der Waals surface area contributed by atoms with Crippen molar-refractivity contribution in [3.63, 3.8) is 0 Å². The van der Waals surface area contributed by atoms with Gasteiger partial charge in [-0.25, -0.2) is 4.99 Å². The first-order chi connectivity index (χ1) is 11.3. The number of ether oxygens (including phenoxy) is 2. The highest BCUT2D eigenvalue weighted by Crippen LogP contribution is 2.41. The highest BCUT2D eigenvalue weighted by molar-refractivity contribution is 7.98. The van der Waals surface area contributed by atoms with Gasteiger partial charge < -0.3 is 14.8 Å². The summed E-state index contributed by atoms with van der Waals surface area (Å²) in [5.74, 6) is 2.94. The summed E-state index contributed by atoms with van der Waals surface area (Å²) in [7, 11) is 1.64. The molecule has 0 spiro atoms. The number of benzene rings is 2. The van der Waals surface area contributed by atoms with Crippen LogP contribution >= 0.6 is 11.9 Å². The second-order valence-corrected chi connectivity index (χ2v) is 6.27. The molecule has 118 valence electrons. The van der Waals surface area contributed by atoms with Crippen LogP contribution in [-0.2, 0) is 0 Å². The van der Waals surface area contributed by atoms with Gasteiger partial charge in [0.1, 0.15) is 0 Å². The Bertz CT molecular complexity index is 759. The second kappa shape index (κ2) is 6.04. The summed E-state index contributed by atoms with van der Waals surface area (Å²) < 4.78 is 14.7. The molecule has 1 heterocycles. The third kappa shape index (κ3) is 3.07. The zero-order valence-electron chi connectivity index (χ0n) is 12.7. The zero-order chi connectivity index (χ0) is 15.6. The number of anilines is 1. The molecule has 4 rings (SSSR count). The normalized spacial score (nSPS) is 17.9. The number of hydrogen-bond donors (Lipinski definition) is 2. The quantitative estimate of drug-likeness (QED) is 0.831. The number of para-hydroxylation sites is 3. The molecule has 1 aliphatic heterocycles. The van der Waals surface area contributed by atoms with Gasteiger partial charge in [0.2, 0.25) is 5.96 Å². The topological polar surface area (TPSA) is 54.9 Å². The molecule has 0 bridgehead atoms. The molecule has 0 radical (unpaired) electrons. The fraction of sp³-hybridized carbons (Fsp3) is 0.235. The van der Waals surface area contributed by atoms with Crippen molar-refractivity contribution in [1.29, 1.82) is 0 Å². The van der Waals surface area contributed by atoms with Crippen LogP contribution in [0.3, 0.4) is 0 Å². The summed E-state index contributed by atoms with van der Waals surface area (Å²) >= 11 is 1.55. The molecule has 2 aliphatic rings. The minimum Gasteiger partial charge on any atom is -0.493 e. The van der Waals surface area contributed by atoms with Crippen molar-refractivity contribution >= 4 is 23.6 Å². The van der Waals surface area contributed by atoms with E-state index >= 15 is 0 Å². The van der Waals surface area contributed by atoms with Crippen molar-refractivity contribution in [2.45, 2.75) is 23.8 Å². The molecule has 5 nitrogen and oxygen atoms in total. The van der Waals surface area contributed by atoms with E-state index in [2.05, 4.69) is 15.0 Å². The van der Waals surface area contributed by atoms with E-state index in [-0.39, 0.29) is 0 Å². The molecule has 1 fully saturated rings. The van der Waals surface area contributed by atoms with E-state index in [9.17, 15) is 0 Å². The lowest BCUT2D eigenvalue weighted by Crippen LogP contribution is -2.30. The van der Waals surface area contributed by atoms with Crippen LogP contribution in [0.5, 0.6) is 17.2 Å². The van der Waals surface area contributed by atoms with Gasteiger partial charge in [-0.2, -0.15) is 0 Å². The van der Waals surface area contributed by atoms with E-state index in [0.717, 1.165) is 22.3 Å². The molecule has 2 N–H and O–H groups in total. The van der Waals surface area contributed by atoms with Crippen LogP contribution in [0.1, 0.15) is 12.8 Å². The number of guanidine groups is 1. The molecule has 0 unspecified atom stereocenters. The molecular weight excluding hydrogens is 310 g/mol. The van der Waals surface area contributed by atoms with E-state index in [1.54, 1.807) is 19.1 Å². The lowest BCUT2D eigenvalue weighted by atomic mass is 10.2. The first-order valence-corrected chi connectivity index (χ1v) is 8.37. The summed E-state index contributed by atoms with van der Waals surface area (Å²) in [6, 6.07) is 14.0. The van der Waals surface area contributed by atoms with Gasteiger partial charge in [0, 0.05) is 0 Å². The first-order valence-electron chi connectivity index (χ1n) is 7.55. The average molecular weight is 327 g/mol. The van der Waals surface area contributed by atoms with E-state index < -0.39 is 0 Å². The predicted octanol–water partition coefficient (Wildman–Crippen LogP) is 4.03. The van der Waals surface area contributed by atoms with Crippen LogP contribution in [0, 0.1) is 0 Å². The number of aliphatic imine (C=N–C) groups is 1. The van der Waals surface area contributed by atoms with Crippen LogP contribution in [0.15, 0.2) is 52.4 Å². The van der Waals surface area contributed by atoms with Gasteiger partial charge in [0.05, 0.1) is 23.7 Å². The fourth-order valence-corrected chi connectivity index (χ4v) is 3.03. The maximum absolute atomic E-state index is 6.08. The number of hydrogen-bond acceptors (Lipinski definition) is 4. The van der Waals surface area contributed by atoms with Gasteiger partial charge in [-0.15, -0.1) is 0 Å². The van der Waals surface area contributed by atoms with Crippen molar-refractivity contribution in [3.05, 3.63) is 42.5 Å². The molecule has 23 heavy (non-hydrogen) atoms. The molecule has 0 amide bonds. The average Bonchev–Trinajstić information content (AvgIpc) is 3.40. The number of methoxy groups -OCH3 is 1. The maximum atomic E-state index is 6.08. The van der Waals surface area contributed by atoms with Crippen LogP contribution in [0.2, 0.25) is 0 Å². The summed E-state index contributed by atoms with van der Waals surface area (Å²) in [6.45, 7) is 0. The van der Waals surface area contributed by atoms with E-state index in [0.29, 0.717) is 17.5 Å². The van der Waals surface area contributed by atoms with Gasteiger partial charge in [-0.1, -0.05) is 18.2 Å². The molecule has 0 atom stereocenters. The summed E-state index contributed by atoms with van der Waals surface area (Å²) in [6.07, 6.45) is 2.34. The van der Waals surface area contributed by atoms with Gasteiger partial charge in [-0.05, 0) is 49.1 Å². The molecule has 1 saturated carbocycles. The SMILES string of the molecule is COc1ccccc1Oc1cccc2c1NC(=NC1CC1)NS2. The zero-order valence-corrected chi connectivity index (χ0v) is 13.5. The van der Waals surface area contributed by atoms with Crippen LogP contribution in [0.25, 0.3) is 0 Å². The molecule has 1 aliphatic carbocycles. The lowest BCUT2D eigenvalue weighted by Gasteiger charge is -2.23. The lowest BCUT2D eigenvalue weighted by molar-refractivity contribution is 0.379. The van der Waals surface area contributed by atoms with E-state index in [1.807, 2.05) is 42.5 Å². The monoisotopic (exact) mass is 327 g/mol. The molecule has 2 aromatic rings. The Kier molecular flexibility index (Phi) is 3.75. The van der Waals surface area contributed by atoms with Crippen molar-refractivity contribution in [3.8, 4) is 17.2 Å². The van der Waals surface area contributed by atoms with Crippen molar-refractivity contribution in [1.82, 2.24) is 4.72 Å². The van der Waals surface area contributed by atoms with Gasteiger partial charge in [-0.3, -0.25) is 4.72 Å². The Morgan fingerprint density at radius 1 is 1.04 bits per heavy atom. The predicted molar refractivity (Wildman–Crippen MR) is 92.6 cm³/mol. The highest BCUT2D eigenvalue weighted by atomic mass is 32.2. The number of nitrogens with one attached hydrogen (secondary N) is 2. The summed E-state index contributed by atoms with van der Waals surface area (Å²) in [4.78, 5) is 5.70. The second-order valence-electron chi connectivity index (χ2n) is 5.42. The Hall–Kier alpha value is -2.34. The fourth-order valence-electron chi connectivity index (χ4n) is 2.32. The molecular formula is C17H17N3O2S. The Morgan fingerprint density at radius 3 is 2.61 bits per heavy atom. The van der Waals surface area contributed by atoms with Crippen LogP contribution < -0.4 is 19.5 Å². The minimum atomic E-state index is 0.453. The van der Waals surface area contributed by atoms with Gasteiger partial charge in [0.15, 0.2) is 17.2 Å². The Balaban J connectivity index is 1.65. The molecule has 6 heteroatoms. The summed E-state index contributed by atoms with van der Waals surface area (Å²) in [5, 5.41) is 3.35. The highest BCUT2D eigenvalue weighted by Gasteiger charge is 2.24. The standard InChI is InChI=1S/C17H17N3O2S/c1-21-12-5-2-3-6-13(12)22-14-7-4-8-15-16(14)19-17(20-23-15)18-11-9-10-11/h2-8,11H,9-10H2,1H3,(H2,18,19,20). The van der Waals surface area contributed by atoms with Gasteiger partial charge in [0.25, 0.3) is 0 Å². The van der Waals surface area contributed by atoms with Crippen LogP contribution in [-0.4, -0.2) is 19.1 Å². The number of fused-ring (bicyclic) bond motifs is 1. The minimum absolute atomic E-state index is 0.453. The first kappa shape index (κ1) is 14.3. The third-order valence-corrected chi connectivity index (χ3v) is 4.49. The summed E-state index contributed by atoms with van der Waals surface area (Å²) in [5.41, 5.74) is 0.932.